The van der Waals surface area contributed by atoms with E-state index in [1.807, 2.05) is 31.3 Å². The van der Waals surface area contributed by atoms with E-state index in [1.54, 1.807) is 40.9 Å². The smallest absolute Gasteiger partial charge is 0.255 e. The molecule has 0 atom stereocenters. The number of methoxy groups -OCH3 is 1. The molecule has 188 valence electrons. The molecule has 1 fully saturated rings. The van der Waals surface area contributed by atoms with Crippen LogP contribution in [0.2, 0.25) is 0 Å². The first kappa shape index (κ1) is 23.0. The lowest BCUT2D eigenvalue weighted by molar-refractivity contribution is 0.0788. The zero-order valence-electron chi connectivity index (χ0n) is 20.5. The third-order valence-corrected chi connectivity index (χ3v) is 6.31. The molecule has 0 saturated heterocycles. The first-order chi connectivity index (χ1) is 18.1. The van der Waals surface area contributed by atoms with Crippen molar-refractivity contribution in [3.05, 3.63) is 65.7 Å². The number of ether oxygens (including phenoxy) is 2. The van der Waals surface area contributed by atoms with Crippen molar-refractivity contribution in [1.29, 1.82) is 0 Å². The summed E-state index contributed by atoms with van der Waals surface area (Å²) >= 11 is 0. The van der Waals surface area contributed by atoms with Crippen molar-refractivity contribution in [2.45, 2.75) is 26.1 Å². The Balaban J connectivity index is 1.26. The highest BCUT2D eigenvalue weighted by molar-refractivity contribution is 5.97. The largest absolute Gasteiger partial charge is 0.470 e. The second-order valence-electron chi connectivity index (χ2n) is 9.18. The van der Waals surface area contributed by atoms with E-state index in [4.69, 9.17) is 14.0 Å². The SMILES string of the molecule is COCc1cc(-c2nnc3c4ccccc4c(OCc4ccc(C(=O)N(C)CC5CC5)cn4)nn23)no1. The van der Waals surface area contributed by atoms with Crippen molar-refractivity contribution in [1.82, 2.24) is 34.9 Å². The molecule has 0 unspecified atom stereocenters. The van der Waals surface area contributed by atoms with E-state index in [2.05, 4.69) is 25.4 Å². The molecule has 1 amide bonds. The van der Waals surface area contributed by atoms with Gasteiger partial charge in [0.15, 0.2) is 17.1 Å². The van der Waals surface area contributed by atoms with Crippen LogP contribution >= 0.6 is 0 Å². The Hall–Kier alpha value is -4.38. The van der Waals surface area contributed by atoms with Crippen LogP contribution in [0.5, 0.6) is 5.88 Å². The third-order valence-electron chi connectivity index (χ3n) is 6.31. The summed E-state index contributed by atoms with van der Waals surface area (Å²) in [6.07, 6.45) is 3.99. The molecule has 4 heterocycles. The predicted octanol–water partition coefficient (Wildman–Crippen LogP) is 3.53. The van der Waals surface area contributed by atoms with Gasteiger partial charge in [0.1, 0.15) is 13.2 Å². The maximum atomic E-state index is 12.6. The van der Waals surface area contributed by atoms with Gasteiger partial charge < -0.3 is 18.9 Å². The molecule has 1 saturated carbocycles. The van der Waals surface area contributed by atoms with Gasteiger partial charge in [-0.05, 0) is 37.0 Å². The monoisotopic (exact) mass is 499 g/mol. The number of nitrogens with zero attached hydrogens (tertiary/aromatic N) is 7. The number of aromatic nitrogens is 6. The summed E-state index contributed by atoms with van der Waals surface area (Å²) in [5.41, 5.74) is 2.30. The molecule has 1 aromatic carbocycles. The van der Waals surface area contributed by atoms with Gasteiger partial charge in [-0.2, -0.15) is 4.52 Å². The van der Waals surface area contributed by atoms with Crippen molar-refractivity contribution in [2.24, 2.45) is 5.92 Å². The van der Waals surface area contributed by atoms with E-state index in [0.29, 0.717) is 52.6 Å². The molecular weight excluding hydrogens is 474 g/mol. The summed E-state index contributed by atoms with van der Waals surface area (Å²) in [7, 11) is 3.42. The Bertz CT molecular complexity index is 1570. The predicted molar refractivity (Wildman–Crippen MR) is 133 cm³/mol. The number of benzene rings is 1. The summed E-state index contributed by atoms with van der Waals surface area (Å²) < 4.78 is 18.1. The summed E-state index contributed by atoms with van der Waals surface area (Å²) in [4.78, 5) is 18.8. The minimum absolute atomic E-state index is 0.0216. The van der Waals surface area contributed by atoms with Gasteiger partial charge in [-0.3, -0.25) is 9.78 Å². The fourth-order valence-corrected chi connectivity index (χ4v) is 4.22. The molecule has 0 bridgehead atoms. The Morgan fingerprint density at radius 3 is 2.73 bits per heavy atom. The van der Waals surface area contributed by atoms with Crippen molar-refractivity contribution < 1.29 is 18.8 Å². The van der Waals surface area contributed by atoms with Gasteiger partial charge in [0.25, 0.3) is 5.91 Å². The van der Waals surface area contributed by atoms with Crippen LogP contribution in [0.4, 0.5) is 0 Å². The highest BCUT2D eigenvalue weighted by atomic mass is 16.5. The zero-order chi connectivity index (χ0) is 25.4. The fraction of sp³-hybridized carbons (Fsp3) is 0.308. The molecule has 4 aromatic heterocycles. The van der Waals surface area contributed by atoms with Gasteiger partial charge in [-0.25, -0.2) is 0 Å². The average Bonchev–Trinajstić information content (AvgIpc) is 3.44. The number of carbonyl (C=O) groups excluding carboxylic acids is 1. The number of pyridine rings is 1. The normalized spacial score (nSPS) is 13.4. The van der Waals surface area contributed by atoms with Crippen LogP contribution in [0.1, 0.15) is 34.7 Å². The van der Waals surface area contributed by atoms with Crippen LogP contribution in [0.15, 0.2) is 53.2 Å². The molecule has 0 radical (unpaired) electrons. The highest BCUT2D eigenvalue weighted by Crippen LogP contribution is 2.30. The molecule has 11 nitrogen and oxygen atoms in total. The highest BCUT2D eigenvalue weighted by Gasteiger charge is 2.25. The van der Waals surface area contributed by atoms with Gasteiger partial charge in [-0.1, -0.05) is 23.4 Å². The maximum Gasteiger partial charge on any atom is 0.255 e. The second-order valence-corrected chi connectivity index (χ2v) is 9.18. The number of amides is 1. The number of rotatable bonds is 9. The maximum absolute atomic E-state index is 12.6. The molecular formula is C26H25N7O4. The van der Waals surface area contributed by atoms with Crippen molar-refractivity contribution in [2.75, 3.05) is 20.7 Å². The van der Waals surface area contributed by atoms with E-state index in [1.165, 1.54) is 12.8 Å². The number of hydrogen-bond donors (Lipinski definition) is 0. The summed E-state index contributed by atoms with van der Waals surface area (Å²) in [5.74, 6) is 2.01. The fourth-order valence-electron chi connectivity index (χ4n) is 4.22. The van der Waals surface area contributed by atoms with Crippen molar-refractivity contribution in [3.63, 3.8) is 0 Å². The zero-order valence-corrected chi connectivity index (χ0v) is 20.5. The quantitative estimate of drug-likeness (QED) is 0.300. The second kappa shape index (κ2) is 9.58. The lowest BCUT2D eigenvalue weighted by Gasteiger charge is -2.16. The Labute approximate surface area is 212 Å². The molecule has 0 spiro atoms. The molecule has 0 aliphatic heterocycles. The Morgan fingerprint density at radius 1 is 1.14 bits per heavy atom. The molecule has 1 aliphatic rings. The van der Waals surface area contributed by atoms with Crippen LogP contribution in [0.25, 0.3) is 27.9 Å². The summed E-state index contributed by atoms with van der Waals surface area (Å²) in [5, 5.41) is 19.0. The average molecular weight is 500 g/mol. The van der Waals surface area contributed by atoms with Crippen molar-refractivity contribution in [3.8, 4) is 17.4 Å². The topological polar surface area (TPSA) is 121 Å². The van der Waals surface area contributed by atoms with E-state index >= 15 is 0 Å². The summed E-state index contributed by atoms with van der Waals surface area (Å²) in [6.45, 7) is 1.26. The van der Waals surface area contributed by atoms with E-state index in [9.17, 15) is 4.79 Å². The van der Waals surface area contributed by atoms with Gasteiger partial charge in [-0.15, -0.1) is 15.3 Å². The molecule has 5 aromatic rings. The molecule has 0 N–H and O–H groups in total. The van der Waals surface area contributed by atoms with Crippen LogP contribution in [0, 0.1) is 5.92 Å². The third kappa shape index (κ3) is 4.60. The van der Waals surface area contributed by atoms with Crippen LogP contribution < -0.4 is 4.74 Å². The number of carbonyl (C=O) groups is 1. The first-order valence-corrected chi connectivity index (χ1v) is 12.0. The number of fused-ring (bicyclic) bond motifs is 3. The minimum atomic E-state index is -0.0216. The minimum Gasteiger partial charge on any atom is -0.470 e. The van der Waals surface area contributed by atoms with E-state index in [-0.39, 0.29) is 12.5 Å². The lowest BCUT2D eigenvalue weighted by Crippen LogP contribution is -2.28. The molecule has 11 heteroatoms. The van der Waals surface area contributed by atoms with Crippen LogP contribution in [0.3, 0.4) is 0 Å². The Kier molecular flexibility index (Phi) is 5.97. The molecule has 6 rings (SSSR count). The number of hydrogen-bond acceptors (Lipinski definition) is 9. The van der Waals surface area contributed by atoms with Crippen LogP contribution in [-0.2, 0) is 18.0 Å². The van der Waals surface area contributed by atoms with Gasteiger partial charge in [0.05, 0.1) is 11.3 Å². The summed E-state index contributed by atoms with van der Waals surface area (Å²) in [6, 6.07) is 13.0. The van der Waals surface area contributed by atoms with E-state index < -0.39 is 0 Å². The lowest BCUT2D eigenvalue weighted by atomic mass is 10.2. The van der Waals surface area contributed by atoms with Crippen LogP contribution in [-0.4, -0.2) is 61.5 Å². The first-order valence-electron chi connectivity index (χ1n) is 12.0. The molecule has 37 heavy (non-hydrogen) atoms. The van der Waals surface area contributed by atoms with Gasteiger partial charge in [0.2, 0.25) is 11.7 Å². The van der Waals surface area contributed by atoms with Crippen molar-refractivity contribution >= 4 is 22.3 Å². The van der Waals surface area contributed by atoms with E-state index in [0.717, 1.165) is 17.3 Å². The Morgan fingerprint density at radius 2 is 1.97 bits per heavy atom. The van der Waals surface area contributed by atoms with Gasteiger partial charge in [0, 0.05) is 43.7 Å². The van der Waals surface area contributed by atoms with Gasteiger partial charge >= 0.3 is 0 Å². The molecule has 1 aliphatic carbocycles. The standard InChI is InChI=1S/C26H25N7O4/c1-32(13-16-7-8-16)26(34)17-9-10-18(27-12-17)14-36-25-21-6-4-3-5-20(21)23-28-29-24(33(23)30-25)22-11-19(15-35-2)37-31-22/h3-6,9-12,16H,7-8,13-15H2,1-2H3.